The molecule has 0 spiro atoms. The molecule has 0 radical (unpaired) electrons. The van der Waals surface area contributed by atoms with Crippen LogP contribution in [0.15, 0.2) is 34.8 Å². The van der Waals surface area contributed by atoms with E-state index in [4.69, 9.17) is 4.74 Å². The summed E-state index contributed by atoms with van der Waals surface area (Å²) in [6.07, 6.45) is 6.05. The van der Waals surface area contributed by atoms with Crippen molar-refractivity contribution in [2.75, 3.05) is 7.11 Å². The third-order valence-electron chi connectivity index (χ3n) is 4.66. The van der Waals surface area contributed by atoms with Gasteiger partial charge in [-0.3, -0.25) is 4.79 Å². The Labute approximate surface area is 142 Å². The lowest BCUT2D eigenvalue weighted by Gasteiger charge is -2.21. The maximum absolute atomic E-state index is 12.5. The van der Waals surface area contributed by atoms with Crippen LogP contribution in [0.3, 0.4) is 0 Å². The molecule has 1 fully saturated rings. The molecular weight excluding hydrogens is 362 g/mol. The van der Waals surface area contributed by atoms with Crippen molar-refractivity contribution in [3.8, 4) is 5.75 Å². The Kier molecular flexibility index (Phi) is 4.43. The number of rotatable bonds is 5. The molecule has 0 aliphatic heterocycles. The summed E-state index contributed by atoms with van der Waals surface area (Å²) in [6.45, 7) is 0. The number of ether oxygens (including phenoxy) is 1. The van der Waals surface area contributed by atoms with Crippen molar-refractivity contribution in [3.63, 3.8) is 0 Å². The molecule has 5 nitrogen and oxygen atoms in total. The second-order valence-electron chi connectivity index (χ2n) is 6.06. The van der Waals surface area contributed by atoms with Gasteiger partial charge in [0.1, 0.15) is 5.75 Å². The number of aliphatic carboxylic acids is 1. The standard InChI is InChI=1S/C17H18BrNO4/c1-23-14-5-4-11(8-13(14)18)15(17(21)22)19-16(20)12-7-9-2-3-10(12)6-9/h2-5,8-10,12,15H,6-7H2,1H3,(H,19,20)(H,21,22). The number of carbonyl (C=O) groups is 2. The highest BCUT2D eigenvalue weighted by Gasteiger charge is 2.40. The molecule has 0 heterocycles. The topological polar surface area (TPSA) is 75.6 Å². The molecule has 2 aliphatic rings. The fourth-order valence-electron chi connectivity index (χ4n) is 3.48. The monoisotopic (exact) mass is 379 g/mol. The second kappa shape index (κ2) is 6.35. The molecule has 4 unspecified atom stereocenters. The molecule has 4 atom stereocenters. The van der Waals surface area contributed by atoms with Crippen LogP contribution in [0.25, 0.3) is 0 Å². The maximum Gasteiger partial charge on any atom is 0.330 e. The summed E-state index contributed by atoms with van der Waals surface area (Å²) in [5, 5.41) is 12.2. The van der Waals surface area contributed by atoms with Crippen LogP contribution < -0.4 is 10.1 Å². The Hall–Kier alpha value is -1.82. The molecule has 2 N–H and O–H groups in total. The van der Waals surface area contributed by atoms with Gasteiger partial charge in [0.2, 0.25) is 5.91 Å². The third-order valence-corrected chi connectivity index (χ3v) is 5.28. The van der Waals surface area contributed by atoms with Crippen molar-refractivity contribution < 1.29 is 19.4 Å². The first kappa shape index (κ1) is 16.1. The molecule has 6 heteroatoms. The molecule has 2 bridgehead atoms. The fourth-order valence-corrected chi connectivity index (χ4v) is 4.04. The van der Waals surface area contributed by atoms with Crippen molar-refractivity contribution in [3.05, 3.63) is 40.4 Å². The van der Waals surface area contributed by atoms with Crippen LogP contribution in [0, 0.1) is 17.8 Å². The molecule has 0 saturated heterocycles. The number of fused-ring (bicyclic) bond motifs is 2. The van der Waals surface area contributed by atoms with Gasteiger partial charge in [-0.2, -0.15) is 0 Å². The van der Waals surface area contributed by atoms with Crippen molar-refractivity contribution >= 4 is 27.8 Å². The summed E-state index contributed by atoms with van der Waals surface area (Å²) in [5.41, 5.74) is 0.511. The van der Waals surface area contributed by atoms with Crippen LogP contribution in [0.5, 0.6) is 5.75 Å². The first-order chi connectivity index (χ1) is 11.0. The smallest absolute Gasteiger partial charge is 0.330 e. The average Bonchev–Trinajstić information content (AvgIpc) is 3.15. The van der Waals surface area contributed by atoms with Gasteiger partial charge in [-0.05, 0) is 58.3 Å². The van der Waals surface area contributed by atoms with Crippen LogP contribution in [0.4, 0.5) is 0 Å². The zero-order valence-electron chi connectivity index (χ0n) is 12.7. The summed E-state index contributed by atoms with van der Waals surface area (Å²) in [7, 11) is 1.54. The van der Waals surface area contributed by atoms with E-state index < -0.39 is 12.0 Å². The van der Waals surface area contributed by atoms with Gasteiger partial charge >= 0.3 is 5.97 Å². The minimum atomic E-state index is -1.07. The lowest BCUT2D eigenvalue weighted by Crippen LogP contribution is -2.39. The Balaban J connectivity index is 1.77. The largest absolute Gasteiger partial charge is 0.496 e. The summed E-state index contributed by atoms with van der Waals surface area (Å²) >= 11 is 3.34. The highest BCUT2D eigenvalue weighted by Crippen LogP contribution is 2.43. The van der Waals surface area contributed by atoms with Crippen LogP contribution in [0.1, 0.15) is 24.4 Å². The van der Waals surface area contributed by atoms with Gasteiger partial charge in [0.25, 0.3) is 0 Å². The lowest BCUT2D eigenvalue weighted by atomic mass is 9.92. The second-order valence-corrected chi connectivity index (χ2v) is 6.91. The van der Waals surface area contributed by atoms with E-state index in [2.05, 4.69) is 33.4 Å². The molecule has 1 amide bonds. The number of methoxy groups -OCH3 is 1. The predicted molar refractivity (Wildman–Crippen MR) is 88.1 cm³/mol. The number of allylic oxidation sites excluding steroid dienone is 2. The molecule has 1 saturated carbocycles. The van der Waals surface area contributed by atoms with Gasteiger partial charge in [-0.1, -0.05) is 18.2 Å². The number of nitrogens with one attached hydrogen (secondary N) is 1. The number of hydrogen-bond donors (Lipinski definition) is 2. The van der Waals surface area contributed by atoms with Gasteiger partial charge in [0, 0.05) is 5.92 Å². The molecule has 3 rings (SSSR count). The SMILES string of the molecule is COc1ccc(C(NC(=O)C2CC3C=CC2C3)C(=O)O)cc1Br. The van der Waals surface area contributed by atoms with Gasteiger partial charge in [-0.15, -0.1) is 0 Å². The molecule has 2 aliphatic carbocycles. The Bertz CT molecular complexity index is 673. The van der Waals surface area contributed by atoms with Crippen molar-refractivity contribution in [2.45, 2.75) is 18.9 Å². The van der Waals surface area contributed by atoms with E-state index in [1.54, 1.807) is 25.3 Å². The predicted octanol–water partition coefficient (Wildman–Crippen LogP) is 2.91. The normalized spacial score (nSPS) is 26.1. The molecule has 1 aromatic rings. The van der Waals surface area contributed by atoms with Crippen LogP contribution in [0.2, 0.25) is 0 Å². The van der Waals surface area contributed by atoms with Gasteiger partial charge in [0.15, 0.2) is 6.04 Å². The number of carboxylic acids is 1. The van der Waals surface area contributed by atoms with E-state index in [0.717, 1.165) is 12.8 Å². The van der Waals surface area contributed by atoms with E-state index in [1.807, 2.05) is 0 Å². The highest BCUT2D eigenvalue weighted by atomic mass is 79.9. The third kappa shape index (κ3) is 3.13. The zero-order valence-corrected chi connectivity index (χ0v) is 14.2. The molecule has 0 aromatic heterocycles. The molecule has 122 valence electrons. The van der Waals surface area contributed by atoms with Crippen LogP contribution in [-0.2, 0) is 9.59 Å². The minimum absolute atomic E-state index is 0.117. The van der Waals surface area contributed by atoms with Crippen molar-refractivity contribution in [1.29, 1.82) is 0 Å². The Morgan fingerprint density at radius 2 is 2.13 bits per heavy atom. The number of carbonyl (C=O) groups excluding carboxylic acids is 1. The molecule has 1 aromatic carbocycles. The highest BCUT2D eigenvalue weighted by molar-refractivity contribution is 9.10. The number of carboxylic acid groups (broad SMARTS) is 1. The van der Waals surface area contributed by atoms with E-state index in [9.17, 15) is 14.7 Å². The van der Waals surface area contributed by atoms with Gasteiger partial charge in [0.05, 0.1) is 11.6 Å². The van der Waals surface area contributed by atoms with Crippen LogP contribution in [-0.4, -0.2) is 24.1 Å². The van der Waals surface area contributed by atoms with E-state index in [0.29, 0.717) is 21.7 Å². The van der Waals surface area contributed by atoms with Gasteiger partial charge in [-0.25, -0.2) is 4.79 Å². The Morgan fingerprint density at radius 1 is 1.35 bits per heavy atom. The van der Waals surface area contributed by atoms with Crippen LogP contribution >= 0.6 is 15.9 Å². The summed E-state index contributed by atoms with van der Waals surface area (Å²) in [5.74, 6) is -0.0440. The molecule has 23 heavy (non-hydrogen) atoms. The first-order valence-corrected chi connectivity index (χ1v) is 8.34. The Morgan fingerprint density at radius 3 is 2.65 bits per heavy atom. The number of hydrogen-bond acceptors (Lipinski definition) is 3. The van der Waals surface area contributed by atoms with E-state index >= 15 is 0 Å². The summed E-state index contributed by atoms with van der Waals surface area (Å²) < 4.78 is 5.80. The van der Waals surface area contributed by atoms with Gasteiger partial charge < -0.3 is 15.2 Å². The summed E-state index contributed by atoms with van der Waals surface area (Å²) in [6, 6.07) is 3.94. The fraction of sp³-hybridized carbons (Fsp3) is 0.412. The minimum Gasteiger partial charge on any atom is -0.496 e. The maximum atomic E-state index is 12.5. The zero-order chi connectivity index (χ0) is 16.6. The lowest BCUT2D eigenvalue weighted by molar-refractivity contribution is -0.142. The number of halogens is 1. The summed E-state index contributed by atoms with van der Waals surface area (Å²) in [4.78, 5) is 24.1. The van der Waals surface area contributed by atoms with Crippen molar-refractivity contribution in [1.82, 2.24) is 5.32 Å². The van der Waals surface area contributed by atoms with Crippen molar-refractivity contribution in [2.24, 2.45) is 17.8 Å². The number of benzene rings is 1. The molecular formula is C17H18BrNO4. The van der Waals surface area contributed by atoms with E-state index in [1.165, 1.54) is 0 Å². The average molecular weight is 380 g/mol. The number of amides is 1. The van der Waals surface area contributed by atoms with E-state index in [-0.39, 0.29) is 17.7 Å². The first-order valence-electron chi connectivity index (χ1n) is 7.54. The quantitative estimate of drug-likeness (QED) is 0.771.